The lowest BCUT2D eigenvalue weighted by molar-refractivity contribution is -0.139. The summed E-state index contributed by atoms with van der Waals surface area (Å²) in [4.78, 5) is 11.1. The van der Waals surface area contributed by atoms with Crippen molar-refractivity contribution in [3.8, 4) is 6.07 Å². The van der Waals surface area contributed by atoms with Gasteiger partial charge >= 0.3 is 5.97 Å². The fourth-order valence-corrected chi connectivity index (χ4v) is 2.70. The molecule has 96 valence electrons. The van der Waals surface area contributed by atoms with Gasteiger partial charge in [0.2, 0.25) is 0 Å². The second-order valence-electron chi connectivity index (χ2n) is 3.61. The molecule has 0 aliphatic rings. The summed E-state index contributed by atoms with van der Waals surface area (Å²) in [6.07, 6.45) is 0. The first-order valence-electron chi connectivity index (χ1n) is 5.32. The summed E-state index contributed by atoms with van der Waals surface area (Å²) in [5, 5.41) is 8.84. The van der Waals surface area contributed by atoms with Crippen molar-refractivity contribution in [2.75, 3.05) is 12.4 Å². The number of sulfone groups is 1. The van der Waals surface area contributed by atoms with E-state index in [4.69, 9.17) is 5.26 Å². The number of nitrogens with zero attached hydrogens (tertiary/aromatic N) is 1. The zero-order chi connectivity index (χ0) is 13.6. The highest BCUT2D eigenvalue weighted by Gasteiger charge is 2.19. The highest BCUT2D eigenvalue weighted by molar-refractivity contribution is 7.91. The van der Waals surface area contributed by atoms with Crippen LogP contribution in [-0.2, 0) is 25.1 Å². The summed E-state index contributed by atoms with van der Waals surface area (Å²) >= 11 is 0. The predicted molar refractivity (Wildman–Crippen MR) is 65.3 cm³/mol. The molecule has 0 spiro atoms. The maximum Gasteiger partial charge on any atom is 0.321 e. The highest BCUT2D eigenvalue weighted by Crippen LogP contribution is 2.12. The minimum Gasteiger partial charge on any atom is -0.465 e. The van der Waals surface area contributed by atoms with E-state index < -0.39 is 21.6 Å². The summed E-state index contributed by atoms with van der Waals surface area (Å²) in [5.41, 5.74) is 0.689. The minimum atomic E-state index is -3.61. The summed E-state index contributed by atoms with van der Waals surface area (Å²) < 4.78 is 28.1. The van der Waals surface area contributed by atoms with E-state index in [-0.39, 0.29) is 12.4 Å². The molecule has 1 aromatic carbocycles. The largest absolute Gasteiger partial charge is 0.465 e. The van der Waals surface area contributed by atoms with Crippen molar-refractivity contribution in [3.05, 3.63) is 35.4 Å². The molecular weight excluding hydrogens is 254 g/mol. The summed E-state index contributed by atoms with van der Waals surface area (Å²) in [6.45, 7) is 1.75. The zero-order valence-corrected chi connectivity index (χ0v) is 10.7. The average molecular weight is 267 g/mol. The van der Waals surface area contributed by atoms with Gasteiger partial charge in [-0.05, 0) is 18.6 Å². The average Bonchev–Trinajstić information content (AvgIpc) is 2.28. The first-order chi connectivity index (χ1) is 8.48. The van der Waals surface area contributed by atoms with Crippen LogP contribution in [0.4, 0.5) is 0 Å². The molecule has 6 heteroatoms. The molecule has 0 aromatic heterocycles. The maximum atomic E-state index is 11.7. The molecule has 0 aliphatic carbocycles. The van der Waals surface area contributed by atoms with Gasteiger partial charge in [-0.25, -0.2) is 8.42 Å². The van der Waals surface area contributed by atoms with E-state index in [0.29, 0.717) is 11.1 Å². The van der Waals surface area contributed by atoms with Gasteiger partial charge in [-0.1, -0.05) is 18.2 Å². The Morgan fingerprint density at radius 3 is 2.67 bits per heavy atom. The number of nitriles is 1. The van der Waals surface area contributed by atoms with Crippen molar-refractivity contribution in [2.45, 2.75) is 12.7 Å². The lowest BCUT2D eigenvalue weighted by Gasteiger charge is -2.05. The molecule has 0 radical (unpaired) electrons. The first kappa shape index (κ1) is 14.2. The van der Waals surface area contributed by atoms with Gasteiger partial charge in [-0.2, -0.15) is 5.26 Å². The molecule has 18 heavy (non-hydrogen) atoms. The fourth-order valence-electron chi connectivity index (χ4n) is 1.43. The van der Waals surface area contributed by atoms with Crippen LogP contribution in [0.15, 0.2) is 24.3 Å². The van der Waals surface area contributed by atoms with Crippen LogP contribution in [0.3, 0.4) is 0 Å². The normalized spacial score (nSPS) is 10.7. The maximum absolute atomic E-state index is 11.7. The van der Waals surface area contributed by atoms with Gasteiger partial charge in [0.1, 0.15) is 5.75 Å². The predicted octanol–water partition coefficient (Wildman–Crippen LogP) is 1.04. The number of esters is 1. The Morgan fingerprint density at radius 2 is 2.06 bits per heavy atom. The quantitative estimate of drug-likeness (QED) is 0.744. The molecule has 0 bridgehead atoms. The smallest absolute Gasteiger partial charge is 0.321 e. The van der Waals surface area contributed by atoms with Crippen LogP contribution in [0.25, 0.3) is 0 Å². The van der Waals surface area contributed by atoms with Crippen LogP contribution in [0, 0.1) is 11.3 Å². The molecule has 0 amide bonds. The van der Waals surface area contributed by atoms with Crippen LogP contribution in [-0.4, -0.2) is 26.7 Å². The van der Waals surface area contributed by atoms with E-state index >= 15 is 0 Å². The van der Waals surface area contributed by atoms with Crippen molar-refractivity contribution in [3.63, 3.8) is 0 Å². The van der Waals surface area contributed by atoms with Gasteiger partial charge in [0.25, 0.3) is 0 Å². The van der Waals surface area contributed by atoms with Crippen molar-refractivity contribution < 1.29 is 17.9 Å². The number of carbonyl (C=O) groups is 1. The van der Waals surface area contributed by atoms with E-state index in [0.717, 1.165) is 0 Å². The first-order valence-corrected chi connectivity index (χ1v) is 7.14. The number of benzene rings is 1. The Hall–Kier alpha value is -1.87. The molecule has 1 aromatic rings. The second-order valence-corrected chi connectivity index (χ2v) is 5.67. The van der Waals surface area contributed by atoms with E-state index in [9.17, 15) is 13.2 Å². The Kier molecular flexibility index (Phi) is 4.86. The molecule has 0 N–H and O–H groups in total. The minimum absolute atomic E-state index is 0.142. The molecular formula is C12H13NO4S. The Bertz CT molecular complexity index is 572. The standard InChI is InChI=1S/C12H13NO4S/c1-2-17-12(14)9-18(15,16)8-11-6-4-3-5-10(11)7-13/h3-6H,2,8-9H2,1H3. The van der Waals surface area contributed by atoms with E-state index in [1.807, 2.05) is 6.07 Å². The summed E-state index contributed by atoms with van der Waals surface area (Å²) in [7, 11) is -3.61. The van der Waals surface area contributed by atoms with E-state index in [1.165, 1.54) is 6.07 Å². The third kappa shape index (κ3) is 4.18. The Labute approximate surface area is 106 Å². The SMILES string of the molecule is CCOC(=O)CS(=O)(=O)Cc1ccccc1C#N. The molecule has 0 aliphatic heterocycles. The number of ether oxygens (including phenoxy) is 1. The van der Waals surface area contributed by atoms with E-state index in [1.54, 1.807) is 25.1 Å². The molecule has 1 rings (SSSR count). The molecule has 5 nitrogen and oxygen atoms in total. The third-order valence-electron chi connectivity index (χ3n) is 2.16. The molecule has 0 fully saturated rings. The monoisotopic (exact) mass is 267 g/mol. The molecule has 0 heterocycles. The van der Waals surface area contributed by atoms with Gasteiger partial charge in [-0.15, -0.1) is 0 Å². The topological polar surface area (TPSA) is 84.2 Å². The van der Waals surface area contributed by atoms with Crippen LogP contribution < -0.4 is 0 Å². The molecule has 0 atom stereocenters. The lowest BCUT2D eigenvalue weighted by Crippen LogP contribution is -2.20. The third-order valence-corrected chi connectivity index (χ3v) is 3.58. The summed E-state index contributed by atoms with van der Waals surface area (Å²) in [5.74, 6) is -1.78. The van der Waals surface area contributed by atoms with Crippen molar-refractivity contribution in [2.24, 2.45) is 0 Å². The van der Waals surface area contributed by atoms with Gasteiger partial charge in [0.05, 0.1) is 24.0 Å². The van der Waals surface area contributed by atoms with Crippen LogP contribution in [0.5, 0.6) is 0 Å². The lowest BCUT2D eigenvalue weighted by atomic mass is 10.1. The zero-order valence-electron chi connectivity index (χ0n) is 9.92. The fraction of sp³-hybridized carbons (Fsp3) is 0.333. The summed E-state index contributed by atoms with van der Waals surface area (Å²) in [6, 6.07) is 8.31. The number of carbonyl (C=O) groups excluding carboxylic acids is 1. The van der Waals surface area contributed by atoms with E-state index in [2.05, 4.69) is 4.74 Å². The molecule has 0 saturated heterocycles. The van der Waals surface area contributed by atoms with Crippen molar-refractivity contribution in [1.82, 2.24) is 0 Å². The van der Waals surface area contributed by atoms with Crippen LogP contribution in [0.2, 0.25) is 0 Å². The van der Waals surface area contributed by atoms with Crippen LogP contribution >= 0.6 is 0 Å². The Morgan fingerprint density at radius 1 is 1.39 bits per heavy atom. The Balaban J connectivity index is 2.83. The highest BCUT2D eigenvalue weighted by atomic mass is 32.2. The molecule has 0 unspecified atom stereocenters. The van der Waals surface area contributed by atoms with Gasteiger partial charge in [0.15, 0.2) is 9.84 Å². The van der Waals surface area contributed by atoms with Gasteiger partial charge in [-0.3, -0.25) is 4.79 Å². The number of hydrogen-bond acceptors (Lipinski definition) is 5. The van der Waals surface area contributed by atoms with Crippen molar-refractivity contribution >= 4 is 15.8 Å². The van der Waals surface area contributed by atoms with Crippen molar-refractivity contribution in [1.29, 1.82) is 5.26 Å². The van der Waals surface area contributed by atoms with Gasteiger partial charge < -0.3 is 4.74 Å². The van der Waals surface area contributed by atoms with Gasteiger partial charge in [0, 0.05) is 0 Å². The number of rotatable bonds is 5. The van der Waals surface area contributed by atoms with Crippen LogP contribution in [0.1, 0.15) is 18.1 Å². The molecule has 0 saturated carbocycles. The number of hydrogen-bond donors (Lipinski definition) is 0. The second kappa shape index (κ2) is 6.17.